The molecule has 0 radical (unpaired) electrons. The van der Waals surface area contributed by atoms with Gasteiger partial charge in [-0.1, -0.05) is 29.8 Å². The Morgan fingerprint density at radius 1 is 1.23 bits per heavy atom. The number of nitrogens with zero attached hydrogens (tertiary/aromatic N) is 1. The van der Waals surface area contributed by atoms with Crippen molar-refractivity contribution in [1.82, 2.24) is 5.43 Å². The van der Waals surface area contributed by atoms with Gasteiger partial charge in [0.15, 0.2) is 11.5 Å². The van der Waals surface area contributed by atoms with E-state index < -0.39 is 0 Å². The van der Waals surface area contributed by atoms with Gasteiger partial charge in [-0.25, -0.2) is 0 Å². The molecule has 0 aliphatic carbocycles. The number of methoxy groups -OCH3 is 2. The smallest absolute Gasteiger partial charge is 0.174 e. The van der Waals surface area contributed by atoms with Crippen LogP contribution in [0.1, 0.15) is 11.1 Å². The van der Waals surface area contributed by atoms with Crippen LogP contribution in [0, 0.1) is 0 Å². The Labute approximate surface area is 143 Å². The summed E-state index contributed by atoms with van der Waals surface area (Å²) in [4.78, 5) is 0. The summed E-state index contributed by atoms with van der Waals surface area (Å²) >= 11 is 9.54. The summed E-state index contributed by atoms with van der Waals surface area (Å²) in [6.07, 6.45) is 1.71. The fourth-order valence-corrected chi connectivity index (χ4v) is 2.73. The molecule has 0 heterocycles. The third-order valence-electron chi connectivity index (χ3n) is 2.99. The van der Waals surface area contributed by atoms with Gasteiger partial charge in [-0.15, -0.1) is 0 Å². The minimum atomic E-state index is 0.560. The van der Waals surface area contributed by atoms with E-state index in [1.165, 1.54) is 0 Å². The fraction of sp³-hybridized carbons (Fsp3) is 0.188. The Morgan fingerprint density at radius 3 is 2.68 bits per heavy atom. The molecule has 0 saturated carbocycles. The molecule has 1 N–H and O–H groups in total. The van der Waals surface area contributed by atoms with Crippen LogP contribution < -0.4 is 14.9 Å². The largest absolute Gasteiger partial charge is 0.493 e. The van der Waals surface area contributed by atoms with Gasteiger partial charge in [0, 0.05) is 5.02 Å². The Morgan fingerprint density at radius 2 is 2.00 bits per heavy atom. The lowest BCUT2D eigenvalue weighted by atomic mass is 10.2. The maximum absolute atomic E-state index is 6.09. The van der Waals surface area contributed by atoms with Crippen LogP contribution in [0.2, 0.25) is 5.02 Å². The van der Waals surface area contributed by atoms with E-state index in [0.29, 0.717) is 18.0 Å². The highest BCUT2D eigenvalue weighted by molar-refractivity contribution is 9.10. The molecular formula is C16H16BrClN2O2. The zero-order chi connectivity index (χ0) is 15.9. The highest BCUT2D eigenvalue weighted by atomic mass is 79.9. The highest BCUT2D eigenvalue weighted by Gasteiger charge is 2.09. The van der Waals surface area contributed by atoms with Crippen LogP contribution in [0.4, 0.5) is 0 Å². The molecule has 0 aromatic heterocycles. The third-order valence-corrected chi connectivity index (χ3v) is 3.95. The summed E-state index contributed by atoms with van der Waals surface area (Å²) in [6.45, 7) is 0.560. The van der Waals surface area contributed by atoms with E-state index in [4.69, 9.17) is 21.1 Å². The number of hydrazone groups is 1. The van der Waals surface area contributed by atoms with Crippen LogP contribution in [0.3, 0.4) is 0 Å². The third kappa shape index (κ3) is 4.15. The van der Waals surface area contributed by atoms with Crippen molar-refractivity contribution in [2.75, 3.05) is 14.2 Å². The molecular weight excluding hydrogens is 368 g/mol. The van der Waals surface area contributed by atoms with Crippen LogP contribution in [0.15, 0.2) is 46.0 Å². The van der Waals surface area contributed by atoms with Crippen molar-refractivity contribution in [3.8, 4) is 11.5 Å². The molecule has 6 heteroatoms. The molecule has 0 bridgehead atoms. The summed E-state index contributed by atoms with van der Waals surface area (Å²) in [5, 5.41) is 4.92. The van der Waals surface area contributed by atoms with E-state index in [0.717, 1.165) is 20.6 Å². The first-order valence-corrected chi connectivity index (χ1v) is 7.73. The van der Waals surface area contributed by atoms with Gasteiger partial charge in [-0.05, 0) is 45.3 Å². The minimum Gasteiger partial charge on any atom is -0.493 e. The lowest BCUT2D eigenvalue weighted by Gasteiger charge is -2.10. The first-order valence-electron chi connectivity index (χ1n) is 6.56. The molecule has 116 valence electrons. The normalized spacial score (nSPS) is 10.7. The van der Waals surface area contributed by atoms with Crippen molar-refractivity contribution >= 4 is 33.7 Å². The standard InChI is InChI=1S/C16H16BrClN2O2/c1-21-15-8-11(7-13(17)16(15)22-2)9-19-20-10-12-5-3-4-6-14(12)18/h3-9,20H,10H2,1-2H3/b19-9-. The Bertz CT molecular complexity index is 677. The minimum absolute atomic E-state index is 0.560. The summed E-state index contributed by atoms with van der Waals surface area (Å²) in [6, 6.07) is 11.4. The van der Waals surface area contributed by atoms with E-state index in [2.05, 4.69) is 26.5 Å². The van der Waals surface area contributed by atoms with E-state index in [1.54, 1.807) is 20.4 Å². The first kappa shape index (κ1) is 16.6. The fourth-order valence-electron chi connectivity index (χ4n) is 1.91. The Kier molecular flexibility index (Phi) is 6.10. The summed E-state index contributed by atoms with van der Waals surface area (Å²) in [5.41, 5.74) is 4.85. The van der Waals surface area contributed by atoms with E-state index in [9.17, 15) is 0 Å². The van der Waals surface area contributed by atoms with Crippen molar-refractivity contribution in [2.24, 2.45) is 5.10 Å². The van der Waals surface area contributed by atoms with Crippen molar-refractivity contribution in [3.05, 3.63) is 57.0 Å². The van der Waals surface area contributed by atoms with E-state index in [1.807, 2.05) is 36.4 Å². The number of nitrogens with one attached hydrogen (secondary N) is 1. The number of ether oxygens (including phenoxy) is 2. The van der Waals surface area contributed by atoms with Gasteiger partial charge < -0.3 is 14.9 Å². The predicted octanol–water partition coefficient (Wildman–Crippen LogP) is 4.24. The second-order valence-corrected chi connectivity index (χ2v) is 5.68. The Hall–Kier alpha value is -1.72. The van der Waals surface area contributed by atoms with Crippen molar-refractivity contribution in [1.29, 1.82) is 0 Å². The number of rotatable bonds is 6. The number of hydrogen-bond acceptors (Lipinski definition) is 4. The summed E-state index contributed by atoms with van der Waals surface area (Å²) < 4.78 is 11.4. The van der Waals surface area contributed by atoms with Crippen LogP contribution >= 0.6 is 27.5 Å². The van der Waals surface area contributed by atoms with Gasteiger partial charge in [0.25, 0.3) is 0 Å². The first-order chi connectivity index (χ1) is 10.7. The van der Waals surface area contributed by atoms with E-state index in [-0.39, 0.29) is 0 Å². The zero-order valence-electron chi connectivity index (χ0n) is 12.3. The lowest BCUT2D eigenvalue weighted by molar-refractivity contribution is 0.353. The van der Waals surface area contributed by atoms with Gasteiger partial charge in [-0.2, -0.15) is 5.10 Å². The van der Waals surface area contributed by atoms with Gasteiger partial charge in [0.2, 0.25) is 0 Å². The van der Waals surface area contributed by atoms with Crippen LogP contribution in [-0.2, 0) is 6.54 Å². The predicted molar refractivity (Wildman–Crippen MR) is 93.1 cm³/mol. The average molecular weight is 384 g/mol. The number of hydrogen-bond donors (Lipinski definition) is 1. The SMILES string of the molecule is COc1cc(/C=N\NCc2ccccc2Cl)cc(Br)c1OC. The maximum Gasteiger partial charge on any atom is 0.174 e. The molecule has 0 spiro atoms. The molecule has 4 nitrogen and oxygen atoms in total. The molecule has 2 rings (SSSR count). The monoisotopic (exact) mass is 382 g/mol. The molecule has 0 amide bonds. The Balaban J connectivity index is 2.04. The van der Waals surface area contributed by atoms with Crippen molar-refractivity contribution in [2.45, 2.75) is 6.54 Å². The van der Waals surface area contributed by atoms with Gasteiger partial charge in [-0.3, -0.25) is 0 Å². The lowest BCUT2D eigenvalue weighted by Crippen LogP contribution is -2.06. The molecule has 2 aromatic carbocycles. The molecule has 0 aliphatic heterocycles. The molecule has 0 aliphatic rings. The quantitative estimate of drug-likeness (QED) is 0.599. The molecule has 2 aromatic rings. The topological polar surface area (TPSA) is 42.8 Å². The second kappa shape index (κ2) is 8.06. The molecule has 0 unspecified atom stereocenters. The maximum atomic E-state index is 6.09. The molecule has 0 fully saturated rings. The van der Waals surface area contributed by atoms with Gasteiger partial charge in [0.1, 0.15) is 0 Å². The number of halogens is 2. The number of benzene rings is 2. The van der Waals surface area contributed by atoms with Crippen LogP contribution in [0.5, 0.6) is 11.5 Å². The summed E-state index contributed by atoms with van der Waals surface area (Å²) in [7, 11) is 3.20. The second-order valence-electron chi connectivity index (χ2n) is 4.42. The molecule has 0 saturated heterocycles. The zero-order valence-corrected chi connectivity index (χ0v) is 14.6. The highest BCUT2D eigenvalue weighted by Crippen LogP contribution is 2.35. The van der Waals surface area contributed by atoms with Crippen molar-refractivity contribution < 1.29 is 9.47 Å². The van der Waals surface area contributed by atoms with Gasteiger partial charge >= 0.3 is 0 Å². The summed E-state index contributed by atoms with van der Waals surface area (Å²) in [5.74, 6) is 1.30. The average Bonchev–Trinajstić information content (AvgIpc) is 2.52. The molecule has 22 heavy (non-hydrogen) atoms. The molecule has 0 atom stereocenters. The van der Waals surface area contributed by atoms with E-state index >= 15 is 0 Å². The van der Waals surface area contributed by atoms with Crippen LogP contribution in [-0.4, -0.2) is 20.4 Å². The van der Waals surface area contributed by atoms with Gasteiger partial charge in [0.05, 0.1) is 31.5 Å². The van der Waals surface area contributed by atoms with Crippen molar-refractivity contribution in [3.63, 3.8) is 0 Å². The van der Waals surface area contributed by atoms with Crippen LogP contribution in [0.25, 0.3) is 0 Å².